The van der Waals surface area contributed by atoms with Crippen LogP contribution in [0.4, 0.5) is 4.39 Å². The quantitative estimate of drug-likeness (QED) is 0.549. The van der Waals surface area contributed by atoms with E-state index in [0.29, 0.717) is 22.2 Å². The summed E-state index contributed by atoms with van der Waals surface area (Å²) in [6, 6.07) is 15.6. The molecule has 5 heteroatoms. The smallest absolute Gasteiger partial charge is 0.264 e. The normalized spacial score (nSPS) is 11.2. The van der Waals surface area contributed by atoms with E-state index in [4.69, 9.17) is 4.52 Å². The molecule has 25 heavy (non-hydrogen) atoms. The second-order valence-corrected chi connectivity index (χ2v) is 6.04. The fourth-order valence-corrected chi connectivity index (χ4v) is 2.91. The number of hydrogen-bond acceptors (Lipinski definition) is 3. The van der Waals surface area contributed by atoms with Crippen molar-refractivity contribution in [1.82, 2.24) is 9.72 Å². The molecule has 0 saturated carbocycles. The predicted molar refractivity (Wildman–Crippen MR) is 94.8 cm³/mol. The Labute approximate surface area is 143 Å². The number of fused-ring (bicyclic) bond motifs is 1. The molecule has 0 bridgehead atoms. The second kappa shape index (κ2) is 5.70. The van der Waals surface area contributed by atoms with Crippen molar-refractivity contribution in [2.24, 2.45) is 7.05 Å². The van der Waals surface area contributed by atoms with Gasteiger partial charge in [-0.25, -0.2) is 4.39 Å². The lowest BCUT2D eigenvalue weighted by Gasteiger charge is -2.08. The van der Waals surface area contributed by atoms with E-state index in [0.717, 1.165) is 16.8 Å². The Kier molecular flexibility index (Phi) is 3.50. The summed E-state index contributed by atoms with van der Waals surface area (Å²) in [5, 5.41) is 4.43. The SMILES string of the molecule is Cc1ccc(-c2cc3onc(-c4ccc(F)cc4)c3c(=O)n2C)cc1. The van der Waals surface area contributed by atoms with Crippen molar-refractivity contribution >= 4 is 11.0 Å². The van der Waals surface area contributed by atoms with Crippen LogP contribution in [0, 0.1) is 12.7 Å². The van der Waals surface area contributed by atoms with Crippen LogP contribution < -0.4 is 5.56 Å². The maximum absolute atomic E-state index is 13.1. The molecule has 124 valence electrons. The monoisotopic (exact) mass is 334 g/mol. The Morgan fingerprint density at radius 2 is 1.64 bits per heavy atom. The van der Waals surface area contributed by atoms with Crippen LogP contribution in [0.1, 0.15) is 5.56 Å². The van der Waals surface area contributed by atoms with Crippen molar-refractivity contribution in [1.29, 1.82) is 0 Å². The molecule has 0 atom stereocenters. The van der Waals surface area contributed by atoms with E-state index in [1.54, 1.807) is 29.8 Å². The maximum atomic E-state index is 13.1. The summed E-state index contributed by atoms with van der Waals surface area (Å²) < 4.78 is 20.1. The van der Waals surface area contributed by atoms with Crippen molar-refractivity contribution in [3.05, 3.63) is 76.3 Å². The van der Waals surface area contributed by atoms with Crippen LogP contribution in [0.2, 0.25) is 0 Å². The summed E-state index contributed by atoms with van der Waals surface area (Å²) in [5.41, 5.74) is 4.09. The zero-order valence-corrected chi connectivity index (χ0v) is 13.8. The van der Waals surface area contributed by atoms with E-state index < -0.39 is 0 Å². The molecule has 2 aromatic heterocycles. The predicted octanol–water partition coefficient (Wildman–Crippen LogP) is 4.31. The molecule has 0 N–H and O–H groups in total. The second-order valence-electron chi connectivity index (χ2n) is 6.04. The van der Waals surface area contributed by atoms with E-state index in [1.807, 2.05) is 31.2 Å². The summed E-state index contributed by atoms with van der Waals surface area (Å²) in [4.78, 5) is 12.9. The van der Waals surface area contributed by atoms with Gasteiger partial charge in [-0.15, -0.1) is 0 Å². The molecule has 2 heterocycles. The van der Waals surface area contributed by atoms with Gasteiger partial charge in [0, 0.05) is 18.7 Å². The van der Waals surface area contributed by atoms with Crippen molar-refractivity contribution < 1.29 is 8.91 Å². The number of aryl methyl sites for hydroxylation is 1. The third-order valence-electron chi connectivity index (χ3n) is 4.33. The molecule has 4 rings (SSSR count). The number of pyridine rings is 1. The van der Waals surface area contributed by atoms with E-state index in [9.17, 15) is 9.18 Å². The molecule has 0 aliphatic carbocycles. The van der Waals surface area contributed by atoms with Gasteiger partial charge in [-0.2, -0.15) is 0 Å². The van der Waals surface area contributed by atoms with Crippen molar-refractivity contribution in [2.45, 2.75) is 6.92 Å². The Morgan fingerprint density at radius 3 is 2.32 bits per heavy atom. The minimum absolute atomic E-state index is 0.200. The summed E-state index contributed by atoms with van der Waals surface area (Å²) in [6.07, 6.45) is 0. The fourth-order valence-electron chi connectivity index (χ4n) is 2.91. The Morgan fingerprint density at radius 1 is 1.00 bits per heavy atom. The van der Waals surface area contributed by atoms with Gasteiger partial charge < -0.3 is 9.09 Å². The van der Waals surface area contributed by atoms with Gasteiger partial charge in [0.15, 0.2) is 5.58 Å². The van der Waals surface area contributed by atoms with E-state index >= 15 is 0 Å². The molecular formula is C20H15FN2O2. The van der Waals surface area contributed by atoms with Crippen molar-refractivity contribution in [3.63, 3.8) is 0 Å². The van der Waals surface area contributed by atoms with Crippen LogP contribution >= 0.6 is 0 Å². The van der Waals surface area contributed by atoms with Crippen molar-refractivity contribution in [2.75, 3.05) is 0 Å². The molecule has 0 saturated heterocycles. The summed E-state index contributed by atoms with van der Waals surface area (Å²) in [7, 11) is 1.72. The highest BCUT2D eigenvalue weighted by Gasteiger charge is 2.18. The third kappa shape index (κ3) is 2.54. The van der Waals surface area contributed by atoms with Crippen LogP contribution in [-0.4, -0.2) is 9.72 Å². The van der Waals surface area contributed by atoms with E-state index in [1.165, 1.54) is 12.1 Å². The van der Waals surface area contributed by atoms with Gasteiger partial charge in [-0.3, -0.25) is 4.79 Å². The van der Waals surface area contributed by atoms with Gasteiger partial charge in [0.2, 0.25) is 0 Å². The maximum Gasteiger partial charge on any atom is 0.264 e. The van der Waals surface area contributed by atoms with Crippen molar-refractivity contribution in [3.8, 4) is 22.5 Å². The zero-order valence-electron chi connectivity index (χ0n) is 13.8. The highest BCUT2D eigenvalue weighted by molar-refractivity contribution is 5.92. The molecule has 4 nitrogen and oxygen atoms in total. The zero-order chi connectivity index (χ0) is 17.6. The topological polar surface area (TPSA) is 48.0 Å². The highest BCUT2D eigenvalue weighted by atomic mass is 19.1. The Hall–Kier alpha value is -3.21. The minimum atomic E-state index is -0.342. The first-order valence-electron chi connectivity index (χ1n) is 7.87. The molecular weight excluding hydrogens is 319 g/mol. The number of halogens is 1. The van der Waals surface area contributed by atoms with E-state index in [-0.39, 0.29) is 11.4 Å². The lowest BCUT2D eigenvalue weighted by Crippen LogP contribution is -2.18. The minimum Gasteiger partial charge on any atom is -0.355 e. The van der Waals surface area contributed by atoms with Gasteiger partial charge in [0.25, 0.3) is 5.56 Å². The summed E-state index contributed by atoms with van der Waals surface area (Å²) in [5.74, 6) is -0.342. The summed E-state index contributed by atoms with van der Waals surface area (Å²) >= 11 is 0. The van der Waals surface area contributed by atoms with Crippen LogP contribution in [-0.2, 0) is 7.05 Å². The van der Waals surface area contributed by atoms with Gasteiger partial charge in [0.1, 0.15) is 16.9 Å². The molecule has 2 aromatic carbocycles. The molecule has 0 amide bonds. The fraction of sp³-hybridized carbons (Fsp3) is 0.100. The first-order valence-corrected chi connectivity index (χ1v) is 7.87. The Balaban J connectivity index is 1.94. The standard InChI is InChI=1S/C20H15FN2O2/c1-12-3-5-13(6-4-12)16-11-17-18(20(24)23(16)2)19(22-25-17)14-7-9-15(21)10-8-14/h3-11H,1-2H3. The van der Waals surface area contributed by atoms with Crippen LogP contribution in [0.25, 0.3) is 33.5 Å². The summed E-state index contributed by atoms with van der Waals surface area (Å²) in [6.45, 7) is 2.01. The lowest BCUT2D eigenvalue weighted by atomic mass is 10.1. The molecule has 4 aromatic rings. The van der Waals surface area contributed by atoms with Gasteiger partial charge in [-0.1, -0.05) is 35.0 Å². The Bertz CT molecular complexity index is 1120. The first kappa shape index (κ1) is 15.3. The number of aromatic nitrogens is 2. The number of nitrogens with zero attached hydrogens (tertiary/aromatic N) is 2. The van der Waals surface area contributed by atoms with E-state index in [2.05, 4.69) is 5.16 Å². The van der Waals surface area contributed by atoms with Crippen LogP contribution in [0.3, 0.4) is 0 Å². The van der Waals surface area contributed by atoms with Crippen LogP contribution in [0.5, 0.6) is 0 Å². The van der Waals surface area contributed by atoms with Crippen LogP contribution in [0.15, 0.2) is 63.9 Å². The third-order valence-corrected chi connectivity index (χ3v) is 4.33. The number of benzene rings is 2. The first-order chi connectivity index (χ1) is 12.0. The largest absolute Gasteiger partial charge is 0.355 e. The average Bonchev–Trinajstić information content (AvgIpc) is 3.04. The van der Waals surface area contributed by atoms with Gasteiger partial charge in [-0.05, 0) is 36.8 Å². The number of hydrogen-bond donors (Lipinski definition) is 0. The molecule has 0 spiro atoms. The van der Waals surface area contributed by atoms with Gasteiger partial charge in [0.05, 0.1) is 5.69 Å². The average molecular weight is 334 g/mol. The lowest BCUT2D eigenvalue weighted by molar-refractivity contribution is 0.459. The highest BCUT2D eigenvalue weighted by Crippen LogP contribution is 2.28. The number of rotatable bonds is 2. The van der Waals surface area contributed by atoms with Gasteiger partial charge >= 0.3 is 0 Å². The molecule has 0 aliphatic heterocycles. The molecule has 0 fully saturated rings. The molecule has 0 aliphatic rings. The molecule has 0 radical (unpaired) electrons. The molecule has 0 unspecified atom stereocenters.